The minimum atomic E-state index is -0.411. The van der Waals surface area contributed by atoms with Crippen LogP contribution in [0.5, 0.6) is 11.5 Å². The number of rotatable bonds is 5. The van der Waals surface area contributed by atoms with E-state index in [9.17, 15) is 9.59 Å². The molecule has 1 aromatic heterocycles. The number of thiophene rings is 1. The smallest absolute Gasteiger partial charge is 0.254 e. The van der Waals surface area contributed by atoms with Crippen LogP contribution in [0.2, 0.25) is 0 Å². The van der Waals surface area contributed by atoms with Gasteiger partial charge in [0, 0.05) is 23.5 Å². The molecule has 1 N–H and O–H groups in total. The Labute approximate surface area is 175 Å². The van der Waals surface area contributed by atoms with E-state index in [2.05, 4.69) is 40.0 Å². The van der Waals surface area contributed by atoms with Crippen LogP contribution in [0.3, 0.4) is 0 Å². The quantitative estimate of drug-likeness (QED) is 0.644. The van der Waals surface area contributed by atoms with Crippen LogP contribution in [0.15, 0.2) is 30.3 Å². The Morgan fingerprint density at radius 1 is 1.22 bits per heavy atom. The van der Waals surface area contributed by atoms with Gasteiger partial charge in [-0.25, -0.2) is 0 Å². The number of fused-ring (bicyclic) bond motifs is 1. The normalized spacial score (nSPS) is 18.0. The molecule has 0 radical (unpaired) electrons. The largest absolute Gasteiger partial charge is 0.454 e. The van der Waals surface area contributed by atoms with Crippen LogP contribution in [-0.2, 0) is 11.2 Å². The Morgan fingerprint density at radius 3 is 2.89 bits per heavy atom. The lowest BCUT2D eigenvalue weighted by Crippen LogP contribution is -2.46. The van der Waals surface area contributed by atoms with Gasteiger partial charge in [0.2, 0.25) is 12.7 Å². The van der Waals surface area contributed by atoms with Gasteiger partial charge < -0.3 is 19.7 Å². The summed E-state index contributed by atoms with van der Waals surface area (Å²) in [6.07, 6.45) is 2.33. The van der Waals surface area contributed by atoms with E-state index >= 15 is 0 Å². The van der Waals surface area contributed by atoms with Crippen molar-refractivity contribution < 1.29 is 19.1 Å². The summed E-state index contributed by atoms with van der Waals surface area (Å²) in [6, 6.07) is 8.90. The van der Waals surface area contributed by atoms with Gasteiger partial charge in [0.1, 0.15) is 6.04 Å². The van der Waals surface area contributed by atoms with E-state index in [1.807, 2.05) is 0 Å². The van der Waals surface area contributed by atoms with Gasteiger partial charge in [0.25, 0.3) is 5.91 Å². The van der Waals surface area contributed by atoms with Crippen molar-refractivity contribution in [2.45, 2.75) is 25.3 Å². The minimum absolute atomic E-state index is 0.0761. The Balaban J connectivity index is 1.37. The number of carbonyl (C=O) groups excluding carboxylic acids is 2. The van der Waals surface area contributed by atoms with Gasteiger partial charge in [0.15, 0.2) is 11.5 Å². The highest BCUT2D eigenvalue weighted by Crippen LogP contribution is 2.33. The van der Waals surface area contributed by atoms with E-state index in [1.165, 1.54) is 7.76 Å². The number of likely N-dealkylation sites (tertiary alicyclic amines) is 1. The average molecular weight is 498 g/mol. The van der Waals surface area contributed by atoms with Crippen molar-refractivity contribution in [2.24, 2.45) is 0 Å². The summed E-state index contributed by atoms with van der Waals surface area (Å²) in [5.74, 6) is 1.00. The van der Waals surface area contributed by atoms with E-state index in [1.54, 1.807) is 34.4 Å². The summed E-state index contributed by atoms with van der Waals surface area (Å²) in [6.45, 7) is 1.34. The van der Waals surface area contributed by atoms with Gasteiger partial charge >= 0.3 is 0 Å². The maximum absolute atomic E-state index is 12.9. The molecule has 27 heavy (non-hydrogen) atoms. The van der Waals surface area contributed by atoms with E-state index in [0.717, 1.165) is 12.8 Å². The van der Waals surface area contributed by atoms with Crippen LogP contribution in [0.4, 0.5) is 0 Å². The number of nitrogens with one attached hydrogen (secondary N) is 1. The fourth-order valence-corrected chi connectivity index (χ4v) is 5.15. The molecule has 4 rings (SSSR count). The van der Waals surface area contributed by atoms with Gasteiger partial charge in [-0.1, -0.05) is 0 Å². The van der Waals surface area contributed by atoms with Crippen molar-refractivity contribution in [3.63, 3.8) is 0 Å². The molecular formula is C19H19IN2O4S. The third-order valence-corrected chi connectivity index (χ3v) is 6.69. The number of benzene rings is 1. The first kappa shape index (κ1) is 18.5. The number of hydrogen-bond donors (Lipinski definition) is 1. The molecule has 3 heterocycles. The van der Waals surface area contributed by atoms with Gasteiger partial charge in [-0.05, 0) is 72.2 Å². The SMILES string of the molecule is O=C(NCCc1ccc(I)s1)C1CCCN1C(=O)c1ccc2c(c1)OCO2. The lowest BCUT2D eigenvalue weighted by Gasteiger charge is -2.24. The molecule has 6 nitrogen and oxygen atoms in total. The van der Waals surface area contributed by atoms with Gasteiger partial charge in [0.05, 0.1) is 2.88 Å². The van der Waals surface area contributed by atoms with Crippen molar-refractivity contribution in [1.82, 2.24) is 10.2 Å². The topological polar surface area (TPSA) is 67.9 Å². The van der Waals surface area contributed by atoms with Crippen molar-refractivity contribution in [2.75, 3.05) is 19.9 Å². The molecule has 0 spiro atoms. The predicted octanol–water partition coefficient (Wildman–Crippen LogP) is 3.04. The average Bonchev–Trinajstić information content (AvgIpc) is 3.40. The first-order valence-electron chi connectivity index (χ1n) is 8.84. The molecule has 1 atom stereocenters. The maximum Gasteiger partial charge on any atom is 0.254 e. The van der Waals surface area contributed by atoms with Crippen LogP contribution >= 0.6 is 33.9 Å². The van der Waals surface area contributed by atoms with E-state index in [0.29, 0.717) is 36.6 Å². The lowest BCUT2D eigenvalue weighted by molar-refractivity contribution is -0.124. The zero-order valence-electron chi connectivity index (χ0n) is 14.6. The molecule has 2 amide bonds. The predicted molar refractivity (Wildman–Crippen MR) is 110 cm³/mol. The van der Waals surface area contributed by atoms with E-state index in [-0.39, 0.29) is 18.6 Å². The molecule has 1 fully saturated rings. The lowest BCUT2D eigenvalue weighted by atomic mass is 10.1. The monoisotopic (exact) mass is 498 g/mol. The number of nitrogens with zero attached hydrogens (tertiary/aromatic N) is 1. The summed E-state index contributed by atoms with van der Waals surface area (Å²) in [5.41, 5.74) is 0.520. The summed E-state index contributed by atoms with van der Waals surface area (Å²) >= 11 is 4.03. The molecule has 8 heteroatoms. The number of ether oxygens (including phenoxy) is 2. The fraction of sp³-hybridized carbons (Fsp3) is 0.368. The summed E-state index contributed by atoms with van der Waals surface area (Å²) < 4.78 is 11.9. The van der Waals surface area contributed by atoms with Crippen molar-refractivity contribution in [3.8, 4) is 11.5 Å². The Kier molecular flexibility index (Phi) is 5.53. The number of halogens is 1. The van der Waals surface area contributed by atoms with Crippen molar-refractivity contribution in [1.29, 1.82) is 0 Å². The van der Waals surface area contributed by atoms with Crippen LogP contribution < -0.4 is 14.8 Å². The van der Waals surface area contributed by atoms with Crippen LogP contribution in [0.25, 0.3) is 0 Å². The second-order valence-corrected chi connectivity index (χ2v) is 9.53. The van der Waals surface area contributed by atoms with Crippen molar-refractivity contribution in [3.05, 3.63) is 43.7 Å². The Hall–Kier alpha value is -1.81. The summed E-state index contributed by atoms with van der Waals surface area (Å²) in [7, 11) is 0. The molecule has 2 aromatic rings. The number of carbonyl (C=O) groups is 2. The fourth-order valence-electron chi connectivity index (χ4n) is 3.39. The summed E-state index contributed by atoms with van der Waals surface area (Å²) in [4.78, 5) is 28.5. The molecule has 0 saturated carbocycles. The van der Waals surface area contributed by atoms with Gasteiger partial charge in [-0.15, -0.1) is 11.3 Å². The highest BCUT2D eigenvalue weighted by Gasteiger charge is 2.34. The molecule has 0 bridgehead atoms. The summed E-state index contributed by atoms with van der Waals surface area (Å²) in [5, 5.41) is 2.99. The third-order valence-electron chi connectivity index (χ3n) is 4.74. The Bertz CT molecular complexity index is 869. The maximum atomic E-state index is 12.9. The second kappa shape index (κ2) is 8.05. The molecular weight excluding hydrogens is 479 g/mol. The standard InChI is InChI=1S/C19H19IN2O4S/c20-17-6-4-13(27-17)7-8-21-18(23)14-2-1-9-22(14)19(24)12-3-5-15-16(10-12)26-11-25-15/h3-6,10,14H,1-2,7-9,11H2,(H,21,23). The van der Waals surface area contributed by atoms with Crippen LogP contribution in [-0.4, -0.2) is 42.6 Å². The number of hydrogen-bond acceptors (Lipinski definition) is 5. The first-order valence-corrected chi connectivity index (χ1v) is 10.7. The molecule has 1 aromatic carbocycles. The zero-order valence-corrected chi connectivity index (χ0v) is 17.5. The first-order chi connectivity index (χ1) is 13.1. The molecule has 142 valence electrons. The Morgan fingerprint density at radius 2 is 2.07 bits per heavy atom. The highest BCUT2D eigenvalue weighted by atomic mass is 127. The molecule has 2 aliphatic heterocycles. The molecule has 1 saturated heterocycles. The van der Waals surface area contributed by atoms with E-state index < -0.39 is 6.04 Å². The third kappa shape index (κ3) is 4.06. The van der Waals surface area contributed by atoms with Gasteiger partial charge in [-0.3, -0.25) is 9.59 Å². The molecule has 0 aliphatic carbocycles. The van der Waals surface area contributed by atoms with Gasteiger partial charge in [-0.2, -0.15) is 0 Å². The van der Waals surface area contributed by atoms with Crippen molar-refractivity contribution >= 4 is 45.7 Å². The van der Waals surface area contributed by atoms with Crippen LogP contribution in [0.1, 0.15) is 28.1 Å². The molecule has 1 unspecified atom stereocenters. The highest BCUT2D eigenvalue weighted by molar-refractivity contribution is 14.1. The van der Waals surface area contributed by atoms with Crippen LogP contribution in [0, 0.1) is 2.88 Å². The minimum Gasteiger partial charge on any atom is -0.454 e. The van der Waals surface area contributed by atoms with E-state index in [4.69, 9.17) is 9.47 Å². The molecule has 2 aliphatic rings. The second-order valence-electron chi connectivity index (χ2n) is 6.47. The zero-order chi connectivity index (χ0) is 18.8. The number of amides is 2.